The molecule has 8 heteroatoms. The topological polar surface area (TPSA) is 122 Å². The van der Waals surface area contributed by atoms with Crippen molar-refractivity contribution in [2.24, 2.45) is 5.73 Å². The molecule has 1 aromatic heterocycles. The molecule has 8 nitrogen and oxygen atoms in total. The quantitative estimate of drug-likeness (QED) is 0.626. The molecule has 144 valence electrons. The van der Waals surface area contributed by atoms with Gasteiger partial charge >= 0.3 is 0 Å². The minimum atomic E-state index is -0.190. The number of carbonyl (C=O) groups is 2. The second-order valence-corrected chi connectivity index (χ2v) is 7.22. The lowest BCUT2D eigenvalue weighted by molar-refractivity contribution is -0.121. The van der Waals surface area contributed by atoms with Gasteiger partial charge in [-0.1, -0.05) is 5.16 Å². The lowest BCUT2D eigenvalue weighted by Gasteiger charge is -2.36. The van der Waals surface area contributed by atoms with Crippen molar-refractivity contribution in [1.29, 1.82) is 0 Å². The number of amides is 2. The highest BCUT2D eigenvalue weighted by molar-refractivity contribution is 5.92. The molecule has 1 aromatic rings. The smallest absolute Gasteiger partial charge is 0.276 e. The van der Waals surface area contributed by atoms with Gasteiger partial charge in [-0.15, -0.1) is 0 Å². The summed E-state index contributed by atoms with van der Waals surface area (Å²) >= 11 is 0. The van der Waals surface area contributed by atoms with Gasteiger partial charge in [-0.05, 0) is 38.5 Å². The maximum Gasteiger partial charge on any atom is 0.276 e. The zero-order valence-corrected chi connectivity index (χ0v) is 15.0. The van der Waals surface area contributed by atoms with E-state index in [9.17, 15) is 14.7 Å². The van der Waals surface area contributed by atoms with Crippen molar-refractivity contribution in [2.45, 2.75) is 62.9 Å². The number of rotatable bonds is 8. The van der Waals surface area contributed by atoms with E-state index in [0.29, 0.717) is 24.6 Å². The molecule has 0 spiro atoms. The first-order valence-electron chi connectivity index (χ1n) is 9.50. The van der Waals surface area contributed by atoms with Crippen molar-refractivity contribution < 1.29 is 19.2 Å². The Bertz CT molecular complexity index is 620. The van der Waals surface area contributed by atoms with E-state index in [-0.39, 0.29) is 37.0 Å². The zero-order chi connectivity index (χ0) is 18.5. The van der Waals surface area contributed by atoms with Gasteiger partial charge in [0, 0.05) is 43.6 Å². The van der Waals surface area contributed by atoms with Crippen LogP contribution in [0, 0.1) is 0 Å². The third-order valence-corrected chi connectivity index (χ3v) is 5.20. The second-order valence-electron chi connectivity index (χ2n) is 7.22. The Balaban J connectivity index is 1.57. The number of hydrogen-bond acceptors (Lipinski definition) is 6. The molecular weight excluding hydrogens is 336 g/mol. The van der Waals surface area contributed by atoms with E-state index in [2.05, 4.69) is 10.5 Å². The van der Waals surface area contributed by atoms with Crippen LogP contribution in [0.15, 0.2) is 10.6 Å². The number of aromatic nitrogens is 1. The molecule has 2 amide bonds. The van der Waals surface area contributed by atoms with Crippen LogP contribution in [-0.2, 0) is 4.79 Å². The average Bonchev–Trinajstić information content (AvgIpc) is 3.37. The van der Waals surface area contributed by atoms with Gasteiger partial charge in [0.15, 0.2) is 5.69 Å². The van der Waals surface area contributed by atoms with Gasteiger partial charge in [-0.25, -0.2) is 0 Å². The Labute approximate surface area is 153 Å². The highest BCUT2D eigenvalue weighted by atomic mass is 16.5. The first-order chi connectivity index (χ1) is 12.6. The van der Waals surface area contributed by atoms with E-state index in [4.69, 9.17) is 10.3 Å². The van der Waals surface area contributed by atoms with E-state index in [1.165, 1.54) is 0 Å². The molecule has 0 radical (unpaired) electrons. The summed E-state index contributed by atoms with van der Waals surface area (Å²) in [5.41, 5.74) is 5.72. The molecule has 0 aromatic carbocycles. The summed E-state index contributed by atoms with van der Waals surface area (Å²) in [6.45, 7) is 0.534. The maximum atomic E-state index is 12.8. The van der Waals surface area contributed by atoms with Crippen LogP contribution in [0.5, 0.6) is 0 Å². The first kappa shape index (κ1) is 18.8. The van der Waals surface area contributed by atoms with Crippen LogP contribution in [-0.4, -0.2) is 58.8 Å². The Morgan fingerprint density at radius 2 is 2.00 bits per heavy atom. The van der Waals surface area contributed by atoms with Crippen LogP contribution in [0.25, 0.3) is 0 Å². The molecule has 0 atom stereocenters. The predicted octanol–water partition coefficient (Wildman–Crippen LogP) is 0.763. The van der Waals surface area contributed by atoms with Crippen LogP contribution in [0.4, 0.5) is 0 Å². The number of hydrogen-bond donors (Lipinski definition) is 3. The number of aliphatic hydroxyl groups excluding tert-OH is 1. The lowest BCUT2D eigenvalue weighted by Crippen LogP contribution is -2.47. The zero-order valence-electron chi connectivity index (χ0n) is 15.0. The van der Waals surface area contributed by atoms with Crippen molar-refractivity contribution >= 4 is 11.8 Å². The number of carbonyl (C=O) groups excluding carboxylic acids is 2. The minimum Gasteiger partial charge on any atom is -0.395 e. The van der Waals surface area contributed by atoms with Gasteiger partial charge in [-0.2, -0.15) is 0 Å². The van der Waals surface area contributed by atoms with Crippen LogP contribution < -0.4 is 11.1 Å². The summed E-state index contributed by atoms with van der Waals surface area (Å²) in [5, 5.41) is 16.3. The van der Waals surface area contributed by atoms with Crippen LogP contribution in [0.1, 0.15) is 67.1 Å². The molecule has 2 aliphatic carbocycles. The third kappa shape index (κ3) is 4.62. The fourth-order valence-corrected chi connectivity index (χ4v) is 3.62. The predicted molar refractivity (Wildman–Crippen MR) is 94.5 cm³/mol. The van der Waals surface area contributed by atoms with Crippen molar-refractivity contribution in [3.05, 3.63) is 17.5 Å². The fourth-order valence-electron chi connectivity index (χ4n) is 3.62. The highest BCUT2D eigenvalue weighted by Gasteiger charge is 2.33. The molecule has 26 heavy (non-hydrogen) atoms. The number of aliphatic hydroxyl groups is 1. The van der Waals surface area contributed by atoms with Gasteiger partial charge in [0.2, 0.25) is 5.91 Å². The summed E-state index contributed by atoms with van der Waals surface area (Å²) in [4.78, 5) is 26.2. The summed E-state index contributed by atoms with van der Waals surface area (Å²) < 4.78 is 5.29. The van der Waals surface area contributed by atoms with Gasteiger partial charge in [0.1, 0.15) is 5.76 Å². The molecule has 2 aliphatic rings. The first-order valence-corrected chi connectivity index (χ1v) is 9.50. The van der Waals surface area contributed by atoms with Crippen LogP contribution in [0.3, 0.4) is 0 Å². The van der Waals surface area contributed by atoms with Crippen LogP contribution >= 0.6 is 0 Å². The van der Waals surface area contributed by atoms with Gasteiger partial charge in [0.25, 0.3) is 5.91 Å². The molecule has 0 unspecified atom stereocenters. The Kier molecular flexibility index (Phi) is 6.26. The van der Waals surface area contributed by atoms with E-state index < -0.39 is 0 Å². The monoisotopic (exact) mass is 364 g/mol. The van der Waals surface area contributed by atoms with Crippen molar-refractivity contribution in [1.82, 2.24) is 15.4 Å². The average molecular weight is 364 g/mol. The summed E-state index contributed by atoms with van der Waals surface area (Å²) in [6, 6.07) is 1.91. The summed E-state index contributed by atoms with van der Waals surface area (Å²) in [5.74, 6) is 0.978. The van der Waals surface area contributed by atoms with Crippen molar-refractivity contribution in [3.8, 4) is 0 Å². The fraction of sp³-hybridized carbons (Fsp3) is 0.722. The summed E-state index contributed by atoms with van der Waals surface area (Å²) in [7, 11) is 0. The van der Waals surface area contributed by atoms with E-state index in [0.717, 1.165) is 44.3 Å². The van der Waals surface area contributed by atoms with E-state index in [1.54, 1.807) is 11.0 Å². The largest absolute Gasteiger partial charge is 0.395 e. The molecule has 3 rings (SSSR count). The maximum absolute atomic E-state index is 12.8. The minimum absolute atomic E-state index is 0.0190. The van der Waals surface area contributed by atoms with Crippen molar-refractivity contribution in [3.63, 3.8) is 0 Å². The Morgan fingerprint density at radius 3 is 2.62 bits per heavy atom. The van der Waals surface area contributed by atoms with Crippen LogP contribution in [0.2, 0.25) is 0 Å². The number of nitrogens with zero attached hydrogens (tertiary/aromatic N) is 2. The van der Waals surface area contributed by atoms with Gasteiger partial charge < -0.3 is 25.6 Å². The SMILES string of the molecule is NCCC(=O)N[C@H]1CC[C@H](N(CCO)C(=O)c2cc(C3CC3)on2)CC1. The molecule has 1 heterocycles. The molecule has 0 saturated heterocycles. The normalized spacial score (nSPS) is 22.8. The highest BCUT2D eigenvalue weighted by Crippen LogP contribution is 2.40. The third-order valence-electron chi connectivity index (χ3n) is 5.20. The van der Waals surface area contributed by atoms with E-state index >= 15 is 0 Å². The standard InChI is InChI=1S/C18H28N4O4/c19-8-7-17(24)20-13-3-5-14(6-4-13)22(9-10-23)18(25)15-11-16(26-21-15)12-1-2-12/h11-14,23H,1-10,19H2,(H,20,24)/t13-,14-. The Hall–Kier alpha value is -1.93. The Morgan fingerprint density at radius 1 is 1.27 bits per heavy atom. The van der Waals surface area contributed by atoms with Gasteiger partial charge in [-0.3, -0.25) is 9.59 Å². The molecule has 0 aliphatic heterocycles. The molecule has 2 fully saturated rings. The molecular formula is C18H28N4O4. The van der Waals surface area contributed by atoms with E-state index in [1.807, 2.05) is 0 Å². The number of nitrogens with two attached hydrogens (primary N) is 1. The molecule has 0 bridgehead atoms. The summed E-state index contributed by atoms with van der Waals surface area (Å²) in [6.07, 6.45) is 5.70. The second kappa shape index (κ2) is 8.64. The molecule has 4 N–H and O–H groups in total. The van der Waals surface area contributed by atoms with Gasteiger partial charge in [0.05, 0.1) is 6.61 Å². The molecule has 2 saturated carbocycles. The number of nitrogens with one attached hydrogen (secondary N) is 1. The van der Waals surface area contributed by atoms with Crippen molar-refractivity contribution in [2.75, 3.05) is 19.7 Å². The lowest BCUT2D eigenvalue weighted by atomic mass is 9.89.